The molecule has 48 heavy (non-hydrogen) atoms. The van der Waals surface area contributed by atoms with Crippen LogP contribution in [0.2, 0.25) is 0 Å². The Kier molecular flexibility index (Phi) is 7.58. The summed E-state index contributed by atoms with van der Waals surface area (Å²) in [6.45, 7) is 0. The van der Waals surface area contributed by atoms with Crippen LogP contribution in [0, 0.1) is 0 Å². The molecule has 0 radical (unpaired) electrons. The third-order valence-electron chi connectivity index (χ3n) is 10.8. The molecule has 5 aliphatic carbocycles. The summed E-state index contributed by atoms with van der Waals surface area (Å²) < 4.78 is 0. The monoisotopic (exact) mass is 622 g/mol. The number of aryl methyl sites for hydroxylation is 1. The van der Waals surface area contributed by atoms with E-state index < -0.39 is 0 Å². The van der Waals surface area contributed by atoms with Crippen LogP contribution in [0.5, 0.6) is 0 Å². The molecular formula is C46H42N2. The van der Waals surface area contributed by atoms with E-state index >= 15 is 0 Å². The zero-order chi connectivity index (χ0) is 31.9. The Morgan fingerprint density at radius 1 is 0.708 bits per heavy atom. The molecule has 0 spiro atoms. The fraction of sp³-hybridized carbons (Fsp3) is 0.217. The third-order valence-corrected chi connectivity index (χ3v) is 10.8. The van der Waals surface area contributed by atoms with Crippen molar-refractivity contribution in [3.63, 3.8) is 0 Å². The Balaban J connectivity index is 1.14. The van der Waals surface area contributed by atoms with Gasteiger partial charge in [0.05, 0.1) is 12.1 Å². The summed E-state index contributed by atoms with van der Waals surface area (Å²) in [5.74, 6) is 0. The first-order chi connectivity index (χ1) is 23.8. The van der Waals surface area contributed by atoms with Crippen LogP contribution in [-0.4, -0.2) is 17.0 Å². The van der Waals surface area contributed by atoms with E-state index in [-0.39, 0.29) is 12.1 Å². The molecule has 0 saturated heterocycles. The normalized spacial score (nSPS) is 22.4. The zero-order valence-corrected chi connectivity index (χ0v) is 27.6. The smallest absolute Gasteiger partial charge is 0.0653 e. The number of para-hydroxylation sites is 1. The second-order valence-corrected chi connectivity index (χ2v) is 13.7. The van der Waals surface area contributed by atoms with Gasteiger partial charge in [-0.15, -0.1) is 0 Å². The molecule has 9 rings (SSSR count). The molecule has 1 aliphatic heterocycles. The lowest BCUT2D eigenvalue weighted by atomic mass is 9.86. The minimum absolute atomic E-state index is 0.229. The minimum atomic E-state index is 0.229. The molecule has 2 heteroatoms. The lowest BCUT2D eigenvalue weighted by molar-refractivity contribution is 0.374. The van der Waals surface area contributed by atoms with Crippen molar-refractivity contribution in [1.29, 1.82) is 0 Å². The highest BCUT2D eigenvalue weighted by Crippen LogP contribution is 2.51. The highest BCUT2D eigenvalue weighted by Gasteiger charge is 2.40. The predicted molar refractivity (Wildman–Crippen MR) is 202 cm³/mol. The summed E-state index contributed by atoms with van der Waals surface area (Å²) in [5.41, 5.74) is 16.4. The molecule has 2 nitrogen and oxygen atoms in total. The summed E-state index contributed by atoms with van der Waals surface area (Å²) in [6.07, 6.45) is 37.2. The summed E-state index contributed by atoms with van der Waals surface area (Å²) >= 11 is 0. The van der Waals surface area contributed by atoms with Crippen molar-refractivity contribution in [1.82, 2.24) is 4.90 Å². The molecule has 6 aliphatic rings. The Morgan fingerprint density at radius 3 is 2.44 bits per heavy atom. The molecule has 3 aromatic rings. The van der Waals surface area contributed by atoms with E-state index in [1.54, 1.807) is 0 Å². The highest BCUT2D eigenvalue weighted by molar-refractivity contribution is 5.95. The van der Waals surface area contributed by atoms with E-state index in [0.29, 0.717) is 0 Å². The molecule has 1 heterocycles. The first kappa shape index (κ1) is 29.1. The SMILES string of the molecule is C1=CC(N(C2=CCCC=C2)C2=C3c4ccccc4N(c4cccc(C5=CCCc6ccccc65)c4)C3CC=C2)CC(C2=CCCC=C2)=C1. The van der Waals surface area contributed by atoms with Crippen LogP contribution in [0.25, 0.3) is 11.1 Å². The van der Waals surface area contributed by atoms with E-state index in [0.717, 1.165) is 51.4 Å². The van der Waals surface area contributed by atoms with Gasteiger partial charge >= 0.3 is 0 Å². The maximum absolute atomic E-state index is 2.66. The van der Waals surface area contributed by atoms with Crippen LogP contribution in [0.4, 0.5) is 11.4 Å². The van der Waals surface area contributed by atoms with Crippen molar-refractivity contribution < 1.29 is 0 Å². The van der Waals surface area contributed by atoms with Gasteiger partial charge in [0.25, 0.3) is 0 Å². The van der Waals surface area contributed by atoms with Gasteiger partial charge in [0.15, 0.2) is 0 Å². The maximum Gasteiger partial charge on any atom is 0.0653 e. The van der Waals surface area contributed by atoms with Crippen molar-refractivity contribution >= 4 is 22.5 Å². The van der Waals surface area contributed by atoms with Crippen LogP contribution < -0.4 is 4.90 Å². The highest BCUT2D eigenvalue weighted by atomic mass is 15.2. The van der Waals surface area contributed by atoms with Crippen LogP contribution in [0.15, 0.2) is 168 Å². The van der Waals surface area contributed by atoms with Gasteiger partial charge < -0.3 is 9.80 Å². The molecule has 2 atom stereocenters. The van der Waals surface area contributed by atoms with Gasteiger partial charge in [-0.25, -0.2) is 0 Å². The second-order valence-electron chi connectivity index (χ2n) is 13.7. The van der Waals surface area contributed by atoms with Gasteiger partial charge in [-0.2, -0.15) is 0 Å². The van der Waals surface area contributed by atoms with Crippen LogP contribution in [0.1, 0.15) is 67.2 Å². The van der Waals surface area contributed by atoms with E-state index in [1.165, 1.54) is 67.3 Å². The molecule has 0 N–H and O–H groups in total. The average molecular weight is 623 g/mol. The van der Waals surface area contributed by atoms with Crippen LogP contribution in [0.3, 0.4) is 0 Å². The van der Waals surface area contributed by atoms with Gasteiger partial charge in [-0.05, 0) is 115 Å². The number of fused-ring (bicyclic) bond motifs is 4. The van der Waals surface area contributed by atoms with Crippen molar-refractivity contribution in [3.05, 3.63) is 191 Å². The Labute approximate surface area is 285 Å². The topological polar surface area (TPSA) is 6.48 Å². The van der Waals surface area contributed by atoms with E-state index in [9.17, 15) is 0 Å². The van der Waals surface area contributed by atoms with Crippen LogP contribution >= 0.6 is 0 Å². The molecule has 0 bridgehead atoms. The number of benzene rings is 3. The molecule has 3 aromatic carbocycles. The number of rotatable bonds is 6. The quantitative estimate of drug-likeness (QED) is 0.270. The number of nitrogens with zero attached hydrogens (tertiary/aromatic N) is 2. The molecule has 0 saturated carbocycles. The molecule has 236 valence electrons. The lowest BCUT2D eigenvalue weighted by Gasteiger charge is -2.39. The molecule has 0 amide bonds. The molecule has 0 aromatic heterocycles. The fourth-order valence-electron chi connectivity index (χ4n) is 8.62. The Morgan fingerprint density at radius 2 is 1.56 bits per heavy atom. The predicted octanol–water partition coefficient (Wildman–Crippen LogP) is 11.3. The van der Waals surface area contributed by atoms with Gasteiger partial charge in [0.1, 0.15) is 0 Å². The van der Waals surface area contributed by atoms with E-state index in [4.69, 9.17) is 0 Å². The van der Waals surface area contributed by atoms with Gasteiger partial charge in [-0.1, -0.05) is 115 Å². The van der Waals surface area contributed by atoms with Crippen LogP contribution in [-0.2, 0) is 6.42 Å². The molecular weight excluding hydrogens is 581 g/mol. The number of hydrogen-bond acceptors (Lipinski definition) is 2. The third kappa shape index (κ3) is 5.11. The van der Waals surface area contributed by atoms with Crippen molar-refractivity contribution in [2.75, 3.05) is 4.90 Å². The summed E-state index contributed by atoms with van der Waals surface area (Å²) in [5, 5.41) is 0. The number of hydrogen-bond donors (Lipinski definition) is 0. The van der Waals surface area contributed by atoms with Crippen molar-refractivity contribution in [2.45, 2.75) is 63.5 Å². The molecule has 2 unspecified atom stereocenters. The average Bonchev–Trinajstić information content (AvgIpc) is 3.51. The summed E-state index contributed by atoms with van der Waals surface area (Å²) in [4.78, 5) is 5.28. The van der Waals surface area contributed by atoms with Gasteiger partial charge in [0, 0.05) is 33.9 Å². The Hall–Kier alpha value is -5.08. The second kappa shape index (κ2) is 12.5. The van der Waals surface area contributed by atoms with Crippen molar-refractivity contribution in [3.8, 4) is 0 Å². The minimum Gasteiger partial charge on any atom is -0.334 e. The standard InChI is InChI=1S/C46H42N2/c1-3-15-33(16-4-1)35-19-11-23-38(31-35)47(37-21-5-2-6-22-37)44-29-14-30-45-46(44)42-26-9-10-28-43(42)48(45)39-24-12-20-36(32-39)41-27-13-18-34-17-7-8-25-40(34)41/h3,5,7-12,14-17,19-29,32,38,45H,1-2,4,6,13,18,30-31H2. The lowest BCUT2D eigenvalue weighted by Crippen LogP contribution is -2.37. The number of anilines is 2. The summed E-state index contributed by atoms with van der Waals surface area (Å²) in [6, 6.07) is 27.8. The molecule has 0 fully saturated rings. The first-order valence-corrected chi connectivity index (χ1v) is 17.9. The first-order valence-electron chi connectivity index (χ1n) is 17.9. The Bertz CT molecular complexity index is 2050. The van der Waals surface area contributed by atoms with Gasteiger partial charge in [-0.3, -0.25) is 0 Å². The largest absolute Gasteiger partial charge is 0.334 e. The summed E-state index contributed by atoms with van der Waals surface area (Å²) in [7, 11) is 0. The van der Waals surface area contributed by atoms with E-state index in [2.05, 4.69) is 156 Å². The zero-order valence-electron chi connectivity index (χ0n) is 27.6. The van der Waals surface area contributed by atoms with E-state index in [1.807, 2.05) is 0 Å². The van der Waals surface area contributed by atoms with Gasteiger partial charge in [0.2, 0.25) is 0 Å². The maximum atomic E-state index is 2.66. The number of allylic oxidation sites excluding steroid dienone is 11. The van der Waals surface area contributed by atoms with Crippen molar-refractivity contribution in [2.24, 2.45) is 0 Å². The fourth-order valence-corrected chi connectivity index (χ4v) is 8.62.